The van der Waals surface area contributed by atoms with Crippen LogP contribution < -0.4 is 0 Å². The summed E-state index contributed by atoms with van der Waals surface area (Å²) < 4.78 is 5.85. The zero-order chi connectivity index (χ0) is 14.1. The van der Waals surface area contributed by atoms with E-state index in [1.807, 2.05) is 0 Å². The van der Waals surface area contributed by atoms with Crippen LogP contribution in [0.15, 0.2) is 12.2 Å². The summed E-state index contributed by atoms with van der Waals surface area (Å²) in [6.07, 6.45) is 17.5. The van der Waals surface area contributed by atoms with Crippen molar-refractivity contribution in [3.05, 3.63) is 12.2 Å². The first kappa shape index (κ1) is 12.7. The van der Waals surface area contributed by atoms with Crippen LogP contribution in [0.1, 0.15) is 64.2 Å². The van der Waals surface area contributed by atoms with Gasteiger partial charge in [0.1, 0.15) is 6.10 Å². The molecule has 0 amide bonds. The summed E-state index contributed by atoms with van der Waals surface area (Å²) in [7, 11) is 0. The van der Waals surface area contributed by atoms with Gasteiger partial charge in [-0.15, -0.1) is 0 Å². The van der Waals surface area contributed by atoms with Crippen molar-refractivity contribution in [1.29, 1.82) is 0 Å². The third-order valence-corrected chi connectivity index (χ3v) is 7.56. The van der Waals surface area contributed by atoms with E-state index in [4.69, 9.17) is 4.74 Å². The first-order chi connectivity index (χ1) is 10.2. The van der Waals surface area contributed by atoms with E-state index in [2.05, 4.69) is 12.2 Å². The average Bonchev–Trinajstić information content (AvgIpc) is 3.18. The molecule has 0 aromatic rings. The topological polar surface area (TPSA) is 26.3 Å². The molecule has 7 aliphatic rings. The van der Waals surface area contributed by atoms with E-state index >= 15 is 0 Å². The number of hydrogen-bond donors (Lipinski definition) is 0. The summed E-state index contributed by atoms with van der Waals surface area (Å²) >= 11 is 0. The molecular formula is C19H26O2. The van der Waals surface area contributed by atoms with Crippen LogP contribution in [0.3, 0.4) is 0 Å². The molecule has 0 radical (unpaired) electrons. The van der Waals surface area contributed by atoms with Crippen LogP contribution in [0.4, 0.5) is 0 Å². The molecule has 0 heterocycles. The van der Waals surface area contributed by atoms with Gasteiger partial charge >= 0.3 is 5.97 Å². The first-order valence-corrected chi connectivity index (χ1v) is 9.12. The lowest BCUT2D eigenvalue weighted by atomic mass is 9.65. The highest BCUT2D eigenvalue weighted by atomic mass is 16.5. The second-order valence-electron chi connectivity index (χ2n) is 8.57. The van der Waals surface area contributed by atoms with Crippen molar-refractivity contribution in [2.45, 2.75) is 70.3 Å². The molecule has 21 heavy (non-hydrogen) atoms. The van der Waals surface area contributed by atoms with Crippen molar-refractivity contribution < 1.29 is 9.53 Å². The van der Waals surface area contributed by atoms with Crippen molar-refractivity contribution in [3.63, 3.8) is 0 Å². The molecule has 0 aromatic heterocycles. The third-order valence-electron chi connectivity index (χ3n) is 7.56. The predicted molar refractivity (Wildman–Crippen MR) is 80.5 cm³/mol. The standard InChI is InChI=1S/C19H26O2/c20-17(21-14-4-2-1-3-5-14)13-6-7-15-16(10-13)19-9-8-18(15,11-19)12-19/h8-9,13-16H,1-7,10-12H2. The molecule has 2 nitrogen and oxygen atoms in total. The lowest BCUT2D eigenvalue weighted by molar-refractivity contribution is -0.157. The lowest BCUT2D eigenvalue weighted by Gasteiger charge is -2.39. The molecular weight excluding hydrogens is 260 g/mol. The smallest absolute Gasteiger partial charge is 0.309 e. The zero-order valence-corrected chi connectivity index (χ0v) is 12.9. The minimum absolute atomic E-state index is 0.137. The van der Waals surface area contributed by atoms with Crippen LogP contribution in [0.25, 0.3) is 0 Å². The van der Waals surface area contributed by atoms with Crippen LogP contribution in [0.5, 0.6) is 0 Å². The van der Waals surface area contributed by atoms with Crippen LogP contribution in [0.2, 0.25) is 0 Å². The minimum atomic E-state index is 0.137. The number of ether oxygens (including phenoxy) is 1. The fourth-order valence-corrected chi connectivity index (χ4v) is 6.66. The molecule has 2 bridgehead atoms. The summed E-state index contributed by atoms with van der Waals surface area (Å²) in [4.78, 5) is 12.5. The average molecular weight is 286 g/mol. The predicted octanol–water partition coefficient (Wildman–Crippen LogP) is 4.24. The van der Waals surface area contributed by atoms with Gasteiger partial charge in [0.2, 0.25) is 0 Å². The SMILES string of the molecule is O=C(OC1CCCCC1)C1CCC2C(C1)C13C=CC2(C1)C3. The number of hydrogen-bond acceptors (Lipinski definition) is 2. The van der Waals surface area contributed by atoms with Gasteiger partial charge in [-0.2, -0.15) is 0 Å². The molecule has 2 heteroatoms. The van der Waals surface area contributed by atoms with Gasteiger partial charge in [0.15, 0.2) is 0 Å². The third kappa shape index (κ3) is 1.62. The van der Waals surface area contributed by atoms with Gasteiger partial charge in [0.05, 0.1) is 5.92 Å². The minimum Gasteiger partial charge on any atom is -0.462 e. The highest BCUT2D eigenvalue weighted by Gasteiger charge is 2.73. The van der Waals surface area contributed by atoms with Crippen molar-refractivity contribution in [1.82, 2.24) is 0 Å². The van der Waals surface area contributed by atoms with Crippen molar-refractivity contribution in [2.75, 3.05) is 0 Å². The molecule has 0 aromatic carbocycles. The van der Waals surface area contributed by atoms with Crippen LogP contribution in [-0.2, 0) is 9.53 Å². The summed E-state index contributed by atoms with van der Waals surface area (Å²) in [5.41, 5.74) is 1.08. The highest BCUT2D eigenvalue weighted by Crippen LogP contribution is 2.80. The molecule has 0 N–H and O–H groups in total. The highest BCUT2D eigenvalue weighted by molar-refractivity contribution is 5.73. The molecule has 7 aliphatic carbocycles. The Hall–Kier alpha value is -0.790. The maximum atomic E-state index is 12.5. The summed E-state index contributed by atoms with van der Waals surface area (Å²) in [5.74, 6) is 2.02. The Morgan fingerprint density at radius 1 is 0.905 bits per heavy atom. The number of esters is 1. The Bertz CT molecular complexity index is 494. The normalized spacial score (nSPS) is 50.6. The maximum Gasteiger partial charge on any atom is 0.309 e. The van der Waals surface area contributed by atoms with Gasteiger partial charge in [-0.1, -0.05) is 18.6 Å². The second-order valence-corrected chi connectivity index (χ2v) is 8.57. The fraction of sp³-hybridized carbons (Fsp3) is 0.842. The molecule has 0 saturated heterocycles. The molecule has 3 unspecified atom stereocenters. The quantitative estimate of drug-likeness (QED) is 0.560. The van der Waals surface area contributed by atoms with E-state index in [1.165, 1.54) is 38.5 Å². The summed E-state index contributed by atoms with van der Waals surface area (Å²) in [5, 5.41) is 0. The van der Waals surface area contributed by atoms with E-state index in [-0.39, 0.29) is 18.0 Å². The van der Waals surface area contributed by atoms with Crippen molar-refractivity contribution in [2.24, 2.45) is 28.6 Å². The summed E-state index contributed by atoms with van der Waals surface area (Å²) in [6, 6.07) is 0. The Labute approximate surface area is 127 Å². The number of carbonyl (C=O) groups excluding carboxylic acids is 1. The molecule has 3 atom stereocenters. The van der Waals surface area contributed by atoms with E-state index in [9.17, 15) is 4.79 Å². The van der Waals surface area contributed by atoms with Crippen molar-refractivity contribution in [3.8, 4) is 0 Å². The Morgan fingerprint density at radius 2 is 1.62 bits per heavy atom. The van der Waals surface area contributed by atoms with E-state index < -0.39 is 0 Å². The van der Waals surface area contributed by atoms with Gasteiger partial charge in [-0.3, -0.25) is 4.79 Å². The fourth-order valence-electron chi connectivity index (χ4n) is 6.66. The molecule has 7 rings (SSSR count). The maximum absolute atomic E-state index is 12.5. The number of rotatable bonds is 2. The molecule has 0 aliphatic heterocycles. The molecule has 5 saturated carbocycles. The zero-order valence-electron chi connectivity index (χ0n) is 12.9. The number of allylic oxidation sites excluding steroid dienone is 2. The Kier molecular flexibility index (Phi) is 2.51. The Morgan fingerprint density at radius 3 is 2.38 bits per heavy atom. The summed E-state index contributed by atoms with van der Waals surface area (Å²) in [6.45, 7) is 0. The van der Waals surface area contributed by atoms with Crippen molar-refractivity contribution >= 4 is 5.97 Å². The van der Waals surface area contributed by atoms with Gasteiger partial charge in [-0.25, -0.2) is 0 Å². The lowest BCUT2D eigenvalue weighted by Crippen LogP contribution is -2.34. The van der Waals surface area contributed by atoms with Crippen LogP contribution in [0, 0.1) is 28.6 Å². The van der Waals surface area contributed by atoms with E-state index in [0.717, 1.165) is 37.5 Å². The van der Waals surface area contributed by atoms with Gasteiger partial charge in [0, 0.05) is 0 Å². The van der Waals surface area contributed by atoms with Gasteiger partial charge in [0.25, 0.3) is 0 Å². The van der Waals surface area contributed by atoms with Crippen LogP contribution in [-0.4, -0.2) is 12.1 Å². The molecule has 0 spiro atoms. The van der Waals surface area contributed by atoms with E-state index in [0.29, 0.717) is 10.8 Å². The Balaban J connectivity index is 1.26. The molecule has 5 fully saturated rings. The van der Waals surface area contributed by atoms with Gasteiger partial charge < -0.3 is 4.74 Å². The van der Waals surface area contributed by atoms with Gasteiger partial charge in [-0.05, 0) is 80.5 Å². The molecule has 114 valence electrons. The second kappa shape index (κ2) is 4.14. The first-order valence-electron chi connectivity index (χ1n) is 9.12. The monoisotopic (exact) mass is 286 g/mol. The van der Waals surface area contributed by atoms with E-state index in [1.54, 1.807) is 0 Å². The number of carbonyl (C=O) groups is 1. The van der Waals surface area contributed by atoms with Crippen LogP contribution >= 0.6 is 0 Å². The largest absolute Gasteiger partial charge is 0.462 e.